The largest absolute Gasteiger partial charge is 0.309 e. The maximum absolute atomic E-state index is 13.3. The number of benzene rings is 3. The molecule has 0 aliphatic carbocycles. The molecule has 0 aliphatic heterocycles. The molecule has 0 atom stereocenters. The van der Waals surface area contributed by atoms with Gasteiger partial charge in [-0.25, -0.2) is 14.4 Å². The molecule has 0 unspecified atom stereocenters. The van der Waals surface area contributed by atoms with Gasteiger partial charge in [0.15, 0.2) is 5.82 Å². The van der Waals surface area contributed by atoms with Gasteiger partial charge in [0.25, 0.3) is 0 Å². The van der Waals surface area contributed by atoms with E-state index in [2.05, 4.69) is 15.3 Å². The Morgan fingerprint density at radius 1 is 0.938 bits per heavy atom. The first kappa shape index (κ1) is 21.1. The van der Waals surface area contributed by atoms with E-state index in [0.717, 1.165) is 22.3 Å². The minimum absolute atomic E-state index is 0.174. The van der Waals surface area contributed by atoms with Gasteiger partial charge in [0.1, 0.15) is 11.5 Å². The van der Waals surface area contributed by atoms with Gasteiger partial charge in [-0.2, -0.15) is 0 Å². The topological polar surface area (TPSA) is 54.9 Å². The van der Waals surface area contributed by atoms with Crippen LogP contribution in [0.15, 0.2) is 85.1 Å². The standard InChI is InChI=1S/C27H22FN3O/c1-19-7-9-21(10-8-19)17-26(32)31-27-24(16-11-20-5-3-2-4-6-20)30-25(18-29-27)22-12-14-23(28)15-13-22/h2-16,18H,17H2,1H3,(H,29,31,32)/b16-11+. The van der Waals surface area contributed by atoms with Crippen LogP contribution in [0.1, 0.15) is 22.4 Å². The molecule has 1 heterocycles. The Kier molecular flexibility index (Phi) is 6.46. The van der Waals surface area contributed by atoms with Gasteiger partial charge in [-0.1, -0.05) is 66.2 Å². The molecule has 0 spiro atoms. The van der Waals surface area contributed by atoms with E-state index in [9.17, 15) is 9.18 Å². The molecule has 4 nitrogen and oxygen atoms in total. The highest BCUT2D eigenvalue weighted by Gasteiger charge is 2.11. The number of hydrogen-bond donors (Lipinski definition) is 1. The molecule has 1 amide bonds. The first-order chi connectivity index (χ1) is 15.6. The SMILES string of the molecule is Cc1ccc(CC(=O)Nc2ncc(-c3ccc(F)cc3)nc2/C=C/c2ccccc2)cc1. The van der Waals surface area contributed by atoms with Crippen LogP contribution >= 0.6 is 0 Å². The molecule has 0 saturated carbocycles. The van der Waals surface area contributed by atoms with E-state index in [1.807, 2.05) is 73.7 Å². The number of amides is 1. The average Bonchev–Trinajstić information content (AvgIpc) is 2.81. The number of carbonyl (C=O) groups is 1. The van der Waals surface area contributed by atoms with Crippen molar-refractivity contribution in [3.8, 4) is 11.3 Å². The van der Waals surface area contributed by atoms with Crippen LogP contribution in [-0.2, 0) is 11.2 Å². The van der Waals surface area contributed by atoms with Crippen molar-refractivity contribution >= 4 is 23.9 Å². The third-order valence-corrected chi connectivity index (χ3v) is 4.92. The fourth-order valence-electron chi connectivity index (χ4n) is 3.18. The summed E-state index contributed by atoms with van der Waals surface area (Å²) >= 11 is 0. The summed E-state index contributed by atoms with van der Waals surface area (Å²) in [4.78, 5) is 21.8. The normalized spacial score (nSPS) is 10.9. The summed E-state index contributed by atoms with van der Waals surface area (Å²) < 4.78 is 13.3. The Morgan fingerprint density at radius 2 is 1.66 bits per heavy atom. The Balaban J connectivity index is 1.62. The number of aryl methyl sites for hydroxylation is 1. The Labute approximate surface area is 186 Å². The molecule has 158 valence electrons. The zero-order valence-corrected chi connectivity index (χ0v) is 17.6. The van der Waals surface area contributed by atoms with Crippen LogP contribution in [0.3, 0.4) is 0 Å². The van der Waals surface area contributed by atoms with Crippen molar-refractivity contribution in [2.24, 2.45) is 0 Å². The Bertz CT molecular complexity index is 1230. The molecule has 4 aromatic rings. The monoisotopic (exact) mass is 423 g/mol. The number of hydrogen-bond acceptors (Lipinski definition) is 3. The number of carbonyl (C=O) groups excluding carboxylic acids is 1. The summed E-state index contributed by atoms with van der Waals surface area (Å²) in [6.07, 6.45) is 5.54. The number of nitrogens with one attached hydrogen (secondary N) is 1. The molecule has 1 aromatic heterocycles. The van der Waals surface area contributed by atoms with Crippen molar-refractivity contribution < 1.29 is 9.18 Å². The quantitative estimate of drug-likeness (QED) is 0.417. The Hall–Kier alpha value is -4.12. The zero-order chi connectivity index (χ0) is 22.3. The second-order valence-corrected chi connectivity index (χ2v) is 7.45. The molecule has 3 aromatic carbocycles. The zero-order valence-electron chi connectivity index (χ0n) is 17.6. The third-order valence-electron chi connectivity index (χ3n) is 4.92. The number of rotatable bonds is 6. The van der Waals surface area contributed by atoms with Gasteiger partial charge >= 0.3 is 0 Å². The first-order valence-electron chi connectivity index (χ1n) is 10.3. The summed E-state index contributed by atoms with van der Waals surface area (Å²) in [5, 5.41) is 2.87. The van der Waals surface area contributed by atoms with Crippen LogP contribution < -0.4 is 5.32 Å². The highest BCUT2D eigenvalue weighted by Crippen LogP contribution is 2.22. The van der Waals surface area contributed by atoms with Gasteiger partial charge in [-0.05, 0) is 48.4 Å². The molecule has 5 heteroatoms. The van der Waals surface area contributed by atoms with Crippen LogP contribution in [-0.4, -0.2) is 15.9 Å². The number of halogens is 1. The van der Waals surface area contributed by atoms with E-state index in [0.29, 0.717) is 17.2 Å². The van der Waals surface area contributed by atoms with Gasteiger partial charge in [0.05, 0.1) is 18.3 Å². The number of nitrogens with zero attached hydrogens (tertiary/aromatic N) is 2. The van der Waals surface area contributed by atoms with Crippen molar-refractivity contribution in [2.75, 3.05) is 5.32 Å². The highest BCUT2D eigenvalue weighted by atomic mass is 19.1. The second-order valence-electron chi connectivity index (χ2n) is 7.45. The van der Waals surface area contributed by atoms with Crippen molar-refractivity contribution in [2.45, 2.75) is 13.3 Å². The van der Waals surface area contributed by atoms with Crippen molar-refractivity contribution in [1.29, 1.82) is 0 Å². The van der Waals surface area contributed by atoms with Crippen LogP contribution in [0, 0.1) is 12.7 Å². The van der Waals surface area contributed by atoms with Crippen LogP contribution in [0.2, 0.25) is 0 Å². The summed E-state index contributed by atoms with van der Waals surface area (Å²) in [6.45, 7) is 2.01. The lowest BCUT2D eigenvalue weighted by Gasteiger charge is -2.10. The summed E-state index contributed by atoms with van der Waals surface area (Å²) in [5.41, 5.74) is 4.92. The van der Waals surface area contributed by atoms with Crippen LogP contribution in [0.25, 0.3) is 23.4 Å². The predicted octanol–water partition coefficient (Wildman–Crippen LogP) is 5.94. The molecule has 4 rings (SSSR count). The summed E-state index contributed by atoms with van der Waals surface area (Å²) in [6, 6.07) is 23.7. The van der Waals surface area contributed by atoms with Gasteiger partial charge in [0.2, 0.25) is 5.91 Å². The molecular formula is C27H22FN3O. The predicted molar refractivity (Wildman–Crippen MR) is 126 cm³/mol. The van der Waals surface area contributed by atoms with Crippen molar-refractivity contribution in [1.82, 2.24) is 9.97 Å². The van der Waals surface area contributed by atoms with Crippen LogP contribution in [0.5, 0.6) is 0 Å². The number of anilines is 1. The molecule has 32 heavy (non-hydrogen) atoms. The van der Waals surface area contributed by atoms with E-state index in [4.69, 9.17) is 0 Å². The smallest absolute Gasteiger partial charge is 0.230 e. The molecule has 0 bridgehead atoms. The van der Waals surface area contributed by atoms with Crippen molar-refractivity contribution in [3.63, 3.8) is 0 Å². The molecular weight excluding hydrogens is 401 g/mol. The summed E-state index contributed by atoms with van der Waals surface area (Å²) in [7, 11) is 0. The van der Waals surface area contributed by atoms with E-state index in [1.165, 1.54) is 12.1 Å². The van der Waals surface area contributed by atoms with Gasteiger partial charge in [0, 0.05) is 5.56 Å². The number of aromatic nitrogens is 2. The third kappa shape index (κ3) is 5.52. The van der Waals surface area contributed by atoms with E-state index < -0.39 is 0 Å². The highest BCUT2D eigenvalue weighted by molar-refractivity contribution is 5.93. The van der Waals surface area contributed by atoms with Gasteiger partial charge < -0.3 is 5.32 Å². The molecule has 0 aliphatic rings. The molecule has 0 fully saturated rings. The maximum atomic E-state index is 13.3. The van der Waals surface area contributed by atoms with Gasteiger partial charge in [-0.15, -0.1) is 0 Å². The van der Waals surface area contributed by atoms with E-state index >= 15 is 0 Å². The average molecular weight is 423 g/mol. The lowest BCUT2D eigenvalue weighted by Crippen LogP contribution is -2.16. The first-order valence-corrected chi connectivity index (χ1v) is 10.3. The summed E-state index contributed by atoms with van der Waals surface area (Å²) in [5.74, 6) is -0.113. The Morgan fingerprint density at radius 3 is 2.38 bits per heavy atom. The molecule has 0 saturated heterocycles. The van der Waals surface area contributed by atoms with Crippen molar-refractivity contribution in [3.05, 3.63) is 113 Å². The maximum Gasteiger partial charge on any atom is 0.230 e. The minimum Gasteiger partial charge on any atom is -0.309 e. The molecule has 0 radical (unpaired) electrons. The minimum atomic E-state index is -0.314. The lowest BCUT2D eigenvalue weighted by atomic mass is 10.1. The van der Waals surface area contributed by atoms with E-state index in [-0.39, 0.29) is 18.1 Å². The second kappa shape index (κ2) is 9.79. The van der Waals surface area contributed by atoms with Gasteiger partial charge in [-0.3, -0.25) is 4.79 Å². The fraction of sp³-hybridized carbons (Fsp3) is 0.0741. The molecule has 1 N–H and O–H groups in total. The fourth-order valence-corrected chi connectivity index (χ4v) is 3.18. The van der Waals surface area contributed by atoms with E-state index in [1.54, 1.807) is 18.3 Å². The van der Waals surface area contributed by atoms with Crippen LogP contribution in [0.4, 0.5) is 10.2 Å². The lowest BCUT2D eigenvalue weighted by molar-refractivity contribution is -0.115.